The van der Waals surface area contributed by atoms with Crippen LogP contribution in [0.1, 0.15) is 55.1 Å². The monoisotopic (exact) mass is 495 g/mol. The maximum Gasteiger partial charge on any atom is 0.264 e. The van der Waals surface area contributed by atoms with Gasteiger partial charge in [0.05, 0.1) is 11.6 Å². The van der Waals surface area contributed by atoms with Crippen molar-refractivity contribution < 1.29 is 4.79 Å². The highest BCUT2D eigenvalue weighted by molar-refractivity contribution is 7.97. The van der Waals surface area contributed by atoms with E-state index in [0.29, 0.717) is 16.5 Å². The van der Waals surface area contributed by atoms with Crippen molar-refractivity contribution in [1.82, 2.24) is 20.0 Å². The van der Waals surface area contributed by atoms with Gasteiger partial charge in [-0.3, -0.25) is 9.52 Å². The fourth-order valence-corrected chi connectivity index (χ4v) is 5.14. The normalized spacial score (nSPS) is 17.8. The third-order valence-corrected chi connectivity index (χ3v) is 7.06. The predicted molar refractivity (Wildman–Crippen MR) is 139 cm³/mol. The molecule has 1 amide bonds. The second-order valence-corrected chi connectivity index (χ2v) is 10.4. The van der Waals surface area contributed by atoms with Crippen molar-refractivity contribution in [3.05, 3.63) is 83.1 Å². The minimum Gasteiger partial charge on any atom is -0.363 e. The lowest BCUT2D eigenvalue weighted by molar-refractivity contribution is 0.0984. The van der Waals surface area contributed by atoms with Gasteiger partial charge in [-0.25, -0.2) is 9.97 Å². The summed E-state index contributed by atoms with van der Waals surface area (Å²) in [5.41, 5.74) is 1.80. The molecule has 3 aromatic rings. The van der Waals surface area contributed by atoms with E-state index in [1.165, 1.54) is 12.0 Å². The molecule has 2 aromatic heterocycles. The molecule has 1 aliphatic rings. The molecule has 178 valence electrons. The molecule has 0 aliphatic carbocycles. The molecule has 1 aromatic carbocycles. The van der Waals surface area contributed by atoms with Gasteiger partial charge in [0, 0.05) is 23.7 Å². The summed E-state index contributed by atoms with van der Waals surface area (Å²) in [5.74, 6) is 1.14. The molecule has 3 heterocycles. The molecule has 34 heavy (non-hydrogen) atoms. The number of aromatic nitrogens is 2. The topological polar surface area (TPSA) is 78.9 Å². The van der Waals surface area contributed by atoms with E-state index in [2.05, 4.69) is 58.5 Å². The van der Waals surface area contributed by atoms with Gasteiger partial charge in [-0.15, -0.1) is 0 Å². The van der Waals surface area contributed by atoms with Crippen LogP contribution in [0.3, 0.4) is 0 Å². The number of carbonyl (C=O) groups excluding carboxylic acids is 1. The molecule has 0 radical (unpaired) electrons. The van der Waals surface area contributed by atoms with E-state index < -0.39 is 0 Å². The minimum absolute atomic E-state index is 0.154. The zero-order chi connectivity index (χ0) is 24.0. The average molecular weight is 496 g/mol. The second kappa shape index (κ2) is 11.2. The zero-order valence-electron chi connectivity index (χ0n) is 19.4. The van der Waals surface area contributed by atoms with E-state index in [9.17, 15) is 4.79 Å². The lowest BCUT2D eigenvalue weighted by Crippen LogP contribution is -2.31. The van der Waals surface area contributed by atoms with E-state index in [4.69, 9.17) is 16.6 Å². The summed E-state index contributed by atoms with van der Waals surface area (Å²) in [6.07, 6.45) is 4.90. The highest BCUT2D eigenvalue weighted by Gasteiger charge is 2.30. The number of hydrogen-bond acceptors (Lipinski definition) is 6. The van der Waals surface area contributed by atoms with E-state index in [-0.39, 0.29) is 22.6 Å². The molecule has 0 bridgehead atoms. The Morgan fingerprint density at radius 2 is 2.00 bits per heavy atom. The first-order valence-corrected chi connectivity index (χ1v) is 12.7. The van der Waals surface area contributed by atoms with Crippen molar-refractivity contribution in [2.24, 2.45) is 5.92 Å². The van der Waals surface area contributed by atoms with Crippen molar-refractivity contribution in [2.45, 2.75) is 49.7 Å². The van der Waals surface area contributed by atoms with Gasteiger partial charge in [-0.1, -0.05) is 48.0 Å². The summed E-state index contributed by atoms with van der Waals surface area (Å²) >= 11 is 7.18. The van der Waals surface area contributed by atoms with Crippen molar-refractivity contribution >= 4 is 35.3 Å². The maximum atomic E-state index is 12.4. The fraction of sp³-hybridized carbons (Fsp3) is 0.346. The Morgan fingerprint density at radius 3 is 2.74 bits per heavy atom. The quantitative estimate of drug-likeness (QED) is 0.254. The molecule has 2 atom stereocenters. The maximum absolute atomic E-state index is 12.4. The third kappa shape index (κ3) is 6.72. The fourth-order valence-electron chi connectivity index (χ4n) is 4.34. The lowest BCUT2D eigenvalue weighted by Gasteiger charge is -2.22. The van der Waals surface area contributed by atoms with E-state index in [1.807, 2.05) is 24.3 Å². The Morgan fingerprint density at radius 1 is 1.18 bits per heavy atom. The largest absolute Gasteiger partial charge is 0.363 e. The number of halogens is 1. The van der Waals surface area contributed by atoms with E-state index in [0.717, 1.165) is 37.2 Å². The van der Waals surface area contributed by atoms with Gasteiger partial charge < -0.3 is 10.6 Å². The van der Waals surface area contributed by atoms with Crippen LogP contribution in [-0.4, -0.2) is 28.0 Å². The summed E-state index contributed by atoms with van der Waals surface area (Å²) in [6, 6.07) is 19.7. The molecule has 4 rings (SSSR count). The molecule has 8 heteroatoms. The molecule has 1 fully saturated rings. The molecule has 1 saturated heterocycles. The molecule has 6 nitrogen and oxygen atoms in total. The highest BCUT2D eigenvalue weighted by atomic mass is 35.5. The van der Waals surface area contributed by atoms with E-state index in [1.54, 1.807) is 18.3 Å². The van der Waals surface area contributed by atoms with Crippen molar-refractivity contribution in [1.29, 1.82) is 0 Å². The summed E-state index contributed by atoms with van der Waals surface area (Å²) in [4.78, 5) is 21.1. The smallest absolute Gasteiger partial charge is 0.264 e. The van der Waals surface area contributed by atoms with Gasteiger partial charge in [0.2, 0.25) is 0 Å². The summed E-state index contributed by atoms with van der Waals surface area (Å²) in [5, 5.41) is 8.11. The SMILES string of the molecule is CC1(C)CC(CCC(Nc2cccc(SNC(=O)c3cccnc3Cl)n2)c2ccccc2)CN1. The van der Waals surface area contributed by atoms with E-state index >= 15 is 0 Å². The van der Waals surface area contributed by atoms with Crippen molar-refractivity contribution in [3.8, 4) is 0 Å². The molecule has 2 unspecified atom stereocenters. The zero-order valence-corrected chi connectivity index (χ0v) is 21.0. The Balaban J connectivity index is 1.40. The number of rotatable bonds is 9. The Labute approximate surface area is 210 Å². The number of amides is 1. The van der Waals surface area contributed by atoms with Crippen LogP contribution >= 0.6 is 23.5 Å². The van der Waals surface area contributed by atoms with Crippen LogP contribution in [0.2, 0.25) is 5.15 Å². The predicted octanol–water partition coefficient (Wildman–Crippen LogP) is 5.89. The van der Waals surface area contributed by atoms with Crippen LogP contribution < -0.4 is 15.4 Å². The Hall–Kier alpha value is -2.61. The van der Waals surface area contributed by atoms with Gasteiger partial charge in [-0.05, 0) is 75.4 Å². The minimum atomic E-state index is -0.307. The van der Waals surface area contributed by atoms with Crippen LogP contribution in [0.5, 0.6) is 0 Å². The number of nitrogens with one attached hydrogen (secondary N) is 3. The molecule has 0 spiro atoms. The average Bonchev–Trinajstić information content (AvgIpc) is 3.20. The first-order chi connectivity index (χ1) is 16.4. The second-order valence-electron chi connectivity index (χ2n) is 9.26. The molecule has 1 aliphatic heterocycles. The van der Waals surface area contributed by atoms with Crippen molar-refractivity contribution in [2.75, 3.05) is 11.9 Å². The number of carbonyl (C=O) groups is 1. The van der Waals surface area contributed by atoms with Crippen LogP contribution in [0.25, 0.3) is 0 Å². The molecule has 0 saturated carbocycles. The molecular weight excluding hydrogens is 466 g/mol. The van der Waals surface area contributed by atoms with Crippen LogP contribution in [0, 0.1) is 5.92 Å². The number of benzene rings is 1. The molecular formula is C26H30ClN5OS. The number of hydrogen-bond donors (Lipinski definition) is 3. The number of pyridine rings is 2. The standard InChI is InChI=1S/C26H30ClN5OS/c1-26(2)16-18(17-29-26)13-14-21(19-8-4-3-5-9-19)30-22-11-6-12-23(31-22)34-32-25(33)20-10-7-15-28-24(20)27/h3-12,15,18,21,29H,13-14,16-17H2,1-2H3,(H,30,31)(H,32,33). The van der Waals surface area contributed by atoms with Gasteiger partial charge in [0.15, 0.2) is 0 Å². The van der Waals surface area contributed by atoms with Crippen LogP contribution in [0.4, 0.5) is 5.82 Å². The van der Waals surface area contributed by atoms with Crippen LogP contribution in [0.15, 0.2) is 71.9 Å². The van der Waals surface area contributed by atoms with Gasteiger partial charge >= 0.3 is 0 Å². The van der Waals surface area contributed by atoms with Gasteiger partial charge in [0.25, 0.3) is 5.91 Å². The third-order valence-electron chi connectivity index (χ3n) is 6.03. The Bertz CT molecular complexity index is 1110. The Kier molecular flexibility index (Phi) is 8.08. The number of nitrogens with zero attached hydrogens (tertiary/aromatic N) is 2. The first-order valence-electron chi connectivity index (χ1n) is 11.5. The first kappa shape index (κ1) is 24.5. The van der Waals surface area contributed by atoms with Crippen LogP contribution in [-0.2, 0) is 0 Å². The van der Waals surface area contributed by atoms with Gasteiger partial charge in [0.1, 0.15) is 16.0 Å². The van der Waals surface area contributed by atoms with Gasteiger partial charge in [-0.2, -0.15) is 0 Å². The summed E-state index contributed by atoms with van der Waals surface area (Å²) in [6.45, 7) is 5.61. The number of anilines is 1. The summed E-state index contributed by atoms with van der Waals surface area (Å²) in [7, 11) is 0. The highest BCUT2D eigenvalue weighted by Crippen LogP contribution is 2.31. The molecule has 3 N–H and O–H groups in total. The lowest BCUT2D eigenvalue weighted by atomic mass is 9.91. The summed E-state index contributed by atoms with van der Waals surface area (Å²) < 4.78 is 2.79. The van der Waals surface area contributed by atoms with Crippen molar-refractivity contribution in [3.63, 3.8) is 0 Å².